The van der Waals surface area contributed by atoms with Gasteiger partial charge in [-0.2, -0.15) is 0 Å². The fraction of sp³-hybridized carbons (Fsp3) is 0.188. The SMILES string of the molecule is Cc1cc2cc(NCc3ccccc3C)cnc2[nH]1. The molecular weight excluding hydrogens is 234 g/mol. The van der Waals surface area contributed by atoms with E-state index in [1.54, 1.807) is 0 Å². The van der Waals surface area contributed by atoms with Crippen LogP contribution in [-0.4, -0.2) is 9.97 Å². The van der Waals surface area contributed by atoms with Crippen molar-refractivity contribution in [2.75, 3.05) is 5.32 Å². The Bertz CT molecular complexity index is 713. The summed E-state index contributed by atoms with van der Waals surface area (Å²) in [6.45, 7) is 5.00. The molecule has 0 aliphatic heterocycles. The predicted octanol–water partition coefficient (Wildman–Crippen LogP) is 3.79. The topological polar surface area (TPSA) is 40.7 Å². The van der Waals surface area contributed by atoms with Crippen molar-refractivity contribution in [1.82, 2.24) is 9.97 Å². The van der Waals surface area contributed by atoms with Crippen molar-refractivity contribution >= 4 is 16.7 Å². The number of rotatable bonds is 3. The van der Waals surface area contributed by atoms with Gasteiger partial charge in [0.05, 0.1) is 11.9 Å². The van der Waals surface area contributed by atoms with Crippen LogP contribution < -0.4 is 5.32 Å². The normalized spacial score (nSPS) is 10.8. The molecule has 1 aromatic carbocycles. The van der Waals surface area contributed by atoms with Gasteiger partial charge in [0.2, 0.25) is 0 Å². The van der Waals surface area contributed by atoms with E-state index in [4.69, 9.17) is 0 Å². The summed E-state index contributed by atoms with van der Waals surface area (Å²) in [5.41, 5.74) is 5.75. The van der Waals surface area contributed by atoms with Crippen molar-refractivity contribution in [1.29, 1.82) is 0 Å². The summed E-state index contributed by atoms with van der Waals surface area (Å²) in [5, 5.41) is 4.57. The maximum Gasteiger partial charge on any atom is 0.137 e. The van der Waals surface area contributed by atoms with Crippen LogP contribution in [0.4, 0.5) is 5.69 Å². The first-order valence-electron chi connectivity index (χ1n) is 6.46. The summed E-state index contributed by atoms with van der Waals surface area (Å²) >= 11 is 0. The number of benzene rings is 1. The van der Waals surface area contributed by atoms with Crippen LogP contribution in [0.2, 0.25) is 0 Å². The highest BCUT2D eigenvalue weighted by Crippen LogP contribution is 2.18. The first kappa shape index (κ1) is 11.8. The third-order valence-corrected chi connectivity index (χ3v) is 3.35. The summed E-state index contributed by atoms with van der Waals surface area (Å²) in [5.74, 6) is 0. The van der Waals surface area contributed by atoms with Gasteiger partial charge in [-0.05, 0) is 37.1 Å². The highest BCUT2D eigenvalue weighted by molar-refractivity contribution is 5.79. The Morgan fingerprint density at radius 3 is 2.84 bits per heavy atom. The number of nitrogens with one attached hydrogen (secondary N) is 2. The molecule has 3 heteroatoms. The number of aromatic nitrogens is 2. The van der Waals surface area contributed by atoms with Gasteiger partial charge in [-0.15, -0.1) is 0 Å². The lowest BCUT2D eigenvalue weighted by Crippen LogP contribution is -2.01. The lowest BCUT2D eigenvalue weighted by atomic mass is 10.1. The number of aryl methyl sites for hydroxylation is 2. The summed E-state index contributed by atoms with van der Waals surface area (Å²) < 4.78 is 0. The molecule has 19 heavy (non-hydrogen) atoms. The summed E-state index contributed by atoms with van der Waals surface area (Å²) in [4.78, 5) is 7.65. The number of anilines is 1. The van der Waals surface area contributed by atoms with Gasteiger partial charge in [-0.1, -0.05) is 24.3 Å². The first-order valence-corrected chi connectivity index (χ1v) is 6.46. The molecular formula is C16H17N3. The molecule has 2 aromatic heterocycles. The Morgan fingerprint density at radius 2 is 2.00 bits per heavy atom. The number of hydrogen-bond donors (Lipinski definition) is 2. The minimum atomic E-state index is 0.823. The third-order valence-electron chi connectivity index (χ3n) is 3.35. The van der Waals surface area contributed by atoms with Crippen LogP contribution in [0.1, 0.15) is 16.8 Å². The maximum absolute atomic E-state index is 4.42. The average molecular weight is 251 g/mol. The van der Waals surface area contributed by atoms with E-state index in [1.807, 2.05) is 13.1 Å². The Hall–Kier alpha value is -2.29. The molecule has 96 valence electrons. The van der Waals surface area contributed by atoms with Crippen LogP contribution in [0.5, 0.6) is 0 Å². The molecule has 2 heterocycles. The van der Waals surface area contributed by atoms with E-state index in [0.29, 0.717) is 0 Å². The minimum Gasteiger partial charge on any atom is -0.380 e. The standard InChI is InChI=1S/C16H17N3/c1-11-5-3-4-6-13(11)9-17-15-8-14-7-12(2)19-16(14)18-10-15/h3-8,10,17H,9H2,1-2H3,(H,18,19). The number of aromatic amines is 1. The van der Waals surface area contributed by atoms with E-state index >= 15 is 0 Å². The van der Waals surface area contributed by atoms with Crippen LogP contribution >= 0.6 is 0 Å². The minimum absolute atomic E-state index is 0.823. The quantitative estimate of drug-likeness (QED) is 0.743. The van der Waals surface area contributed by atoms with Gasteiger partial charge in [0.15, 0.2) is 0 Å². The predicted molar refractivity (Wildman–Crippen MR) is 79.3 cm³/mol. The van der Waals surface area contributed by atoms with Crippen LogP contribution in [0, 0.1) is 13.8 Å². The molecule has 0 saturated heterocycles. The van der Waals surface area contributed by atoms with E-state index in [9.17, 15) is 0 Å². The van der Waals surface area contributed by atoms with Crippen LogP contribution in [0.25, 0.3) is 11.0 Å². The zero-order valence-corrected chi connectivity index (χ0v) is 11.2. The summed E-state index contributed by atoms with van der Waals surface area (Å²) in [6, 6.07) is 12.7. The average Bonchev–Trinajstić information content (AvgIpc) is 2.77. The van der Waals surface area contributed by atoms with E-state index in [-0.39, 0.29) is 0 Å². The van der Waals surface area contributed by atoms with Gasteiger partial charge in [-0.3, -0.25) is 0 Å². The van der Waals surface area contributed by atoms with Crippen LogP contribution in [0.3, 0.4) is 0 Å². The van der Waals surface area contributed by atoms with E-state index in [1.165, 1.54) is 11.1 Å². The van der Waals surface area contributed by atoms with Crippen molar-refractivity contribution in [2.45, 2.75) is 20.4 Å². The molecule has 3 nitrogen and oxygen atoms in total. The van der Waals surface area contributed by atoms with E-state index in [2.05, 4.69) is 58.6 Å². The summed E-state index contributed by atoms with van der Waals surface area (Å²) in [6.07, 6.45) is 1.87. The second-order valence-electron chi connectivity index (χ2n) is 4.89. The van der Waals surface area contributed by atoms with Crippen molar-refractivity contribution in [2.24, 2.45) is 0 Å². The number of fused-ring (bicyclic) bond motifs is 1. The maximum atomic E-state index is 4.42. The number of nitrogens with zero attached hydrogens (tertiary/aromatic N) is 1. The lowest BCUT2D eigenvalue weighted by Gasteiger charge is -2.08. The second-order valence-corrected chi connectivity index (χ2v) is 4.89. The number of hydrogen-bond acceptors (Lipinski definition) is 2. The molecule has 0 fully saturated rings. The molecule has 0 amide bonds. The molecule has 0 saturated carbocycles. The molecule has 0 atom stereocenters. The Morgan fingerprint density at radius 1 is 1.16 bits per heavy atom. The molecule has 0 aliphatic carbocycles. The van der Waals surface area contributed by atoms with Gasteiger partial charge < -0.3 is 10.3 Å². The fourth-order valence-corrected chi connectivity index (χ4v) is 2.25. The van der Waals surface area contributed by atoms with Crippen molar-refractivity contribution in [3.05, 3.63) is 59.4 Å². The number of pyridine rings is 1. The smallest absolute Gasteiger partial charge is 0.137 e. The molecule has 0 spiro atoms. The molecule has 0 aliphatic rings. The molecule has 0 unspecified atom stereocenters. The second kappa shape index (κ2) is 4.76. The number of H-pyrrole nitrogens is 1. The molecule has 2 N–H and O–H groups in total. The van der Waals surface area contributed by atoms with Crippen molar-refractivity contribution in [3.63, 3.8) is 0 Å². The van der Waals surface area contributed by atoms with E-state index < -0.39 is 0 Å². The Labute approximate surface area is 112 Å². The zero-order valence-electron chi connectivity index (χ0n) is 11.2. The largest absolute Gasteiger partial charge is 0.380 e. The highest BCUT2D eigenvalue weighted by atomic mass is 14.9. The molecule has 3 rings (SSSR count). The van der Waals surface area contributed by atoms with Crippen molar-refractivity contribution in [3.8, 4) is 0 Å². The fourth-order valence-electron chi connectivity index (χ4n) is 2.25. The zero-order chi connectivity index (χ0) is 13.2. The van der Waals surface area contributed by atoms with Crippen molar-refractivity contribution < 1.29 is 0 Å². The first-order chi connectivity index (χ1) is 9.22. The lowest BCUT2D eigenvalue weighted by molar-refractivity contribution is 1.11. The van der Waals surface area contributed by atoms with Crippen LogP contribution in [-0.2, 0) is 6.54 Å². The molecule has 3 aromatic rings. The third kappa shape index (κ3) is 2.45. The monoisotopic (exact) mass is 251 g/mol. The van der Waals surface area contributed by atoms with Gasteiger partial charge in [0, 0.05) is 17.6 Å². The van der Waals surface area contributed by atoms with Gasteiger partial charge in [0.25, 0.3) is 0 Å². The van der Waals surface area contributed by atoms with Gasteiger partial charge in [-0.25, -0.2) is 4.98 Å². The Balaban J connectivity index is 1.80. The van der Waals surface area contributed by atoms with E-state index in [0.717, 1.165) is 29.0 Å². The highest BCUT2D eigenvalue weighted by Gasteiger charge is 2.01. The molecule has 0 radical (unpaired) electrons. The van der Waals surface area contributed by atoms with Gasteiger partial charge in [0.1, 0.15) is 5.65 Å². The van der Waals surface area contributed by atoms with Gasteiger partial charge >= 0.3 is 0 Å². The van der Waals surface area contributed by atoms with Crippen LogP contribution in [0.15, 0.2) is 42.6 Å². The Kier molecular flexibility index (Phi) is 2.95. The molecule has 0 bridgehead atoms. The summed E-state index contributed by atoms with van der Waals surface area (Å²) in [7, 11) is 0.